The molecule has 3 aliphatic rings. The third kappa shape index (κ3) is 6.56. The van der Waals surface area contributed by atoms with Crippen molar-refractivity contribution in [3.8, 4) is 0 Å². The highest BCUT2D eigenvalue weighted by Crippen LogP contribution is 2.52. The number of methoxy groups -OCH3 is 3. The van der Waals surface area contributed by atoms with Gasteiger partial charge < -0.3 is 39.5 Å². The lowest BCUT2D eigenvalue weighted by molar-refractivity contribution is -0.149. The molecule has 5 heterocycles. The molecule has 8 bridgehead atoms. The van der Waals surface area contributed by atoms with Gasteiger partial charge >= 0.3 is 11.9 Å². The molecule has 0 saturated carbocycles. The summed E-state index contributed by atoms with van der Waals surface area (Å²) in [6.07, 6.45) is 4.00. The van der Waals surface area contributed by atoms with Gasteiger partial charge in [-0.05, 0) is 98.2 Å². The highest BCUT2D eigenvalue weighted by molar-refractivity contribution is 6.02. The normalized spacial score (nSPS) is 18.7. The summed E-state index contributed by atoms with van der Waals surface area (Å²) in [6, 6.07) is 7.74. The molecular formula is C41H46N4O8. The number of carbonyl (C=O) groups excluding carboxylic acids is 2. The molecule has 2 aliphatic heterocycles. The quantitative estimate of drug-likeness (QED) is 0.128. The monoisotopic (exact) mass is 722 g/mol. The zero-order valence-corrected chi connectivity index (χ0v) is 31.1. The van der Waals surface area contributed by atoms with Gasteiger partial charge in [-0.3, -0.25) is 9.78 Å². The second-order valence-corrected chi connectivity index (χ2v) is 13.8. The van der Waals surface area contributed by atoms with Crippen molar-refractivity contribution < 1.29 is 39.1 Å². The summed E-state index contributed by atoms with van der Waals surface area (Å²) < 4.78 is 15.6. The van der Waals surface area contributed by atoms with Crippen LogP contribution in [-0.2, 0) is 35.6 Å². The van der Waals surface area contributed by atoms with Crippen LogP contribution in [0.25, 0.3) is 44.9 Å². The zero-order valence-electron chi connectivity index (χ0n) is 31.1. The van der Waals surface area contributed by atoms with E-state index in [0.717, 1.165) is 55.7 Å². The molecule has 0 saturated heterocycles. The van der Waals surface area contributed by atoms with E-state index in [0.29, 0.717) is 47.4 Å². The first-order chi connectivity index (χ1) is 25.3. The van der Waals surface area contributed by atoms with Crippen LogP contribution in [0.2, 0.25) is 0 Å². The fourth-order valence-corrected chi connectivity index (χ4v) is 7.78. The van der Waals surface area contributed by atoms with Gasteiger partial charge in [-0.2, -0.15) is 0 Å². The van der Waals surface area contributed by atoms with E-state index < -0.39 is 35.9 Å². The lowest BCUT2D eigenvalue weighted by atomic mass is 9.64. The molecule has 3 atom stereocenters. The second kappa shape index (κ2) is 14.7. The molecule has 12 nitrogen and oxygen atoms in total. The molecule has 0 spiro atoms. The summed E-state index contributed by atoms with van der Waals surface area (Å²) in [5.41, 5.74) is 10.6. The summed E-state index contributed by atoms with van der Waals surface area (Å²) in [7, 11) is 4.02. The van der Waals surface area contributed by atoms with E-state index in [1.165, 1.54) is 21.3 Å². The van der Waals surface area contributed by atoms with E-state index in [-0.39, 0.29) is 12.0 Å². The number of esters is 2. The first kappa shape index (κ1) is 37.6. The van der Waals surface area contributed by atoms with Crippen molar-refractivity contribution in [2.45, 2.75) is 71.4 Å². The van der Waals surface area contributed by atoms with Crippen LogP contribution in [0.3, 0.4) is 0 Å². The minimum atomic E-state index is -1.52. The Hall–Kier alpha value is -5.14. The summed E-state index contributed by atoms with van der Waals surface area (Å²) in [6.45, 7) is 11.9. The fourth-order valence-electron chi connectivity index (χ4n) is 7.78. The Labute approximate surface area is 307 Å². The van der Waals surface area contributed by atoms with Crippen LogP contribution in [0.4, 0.5) is 0 Å². The van der Waals surface area contributed by atoms with Gasteiger partial charge in [0.15, 0.2) is 12.6 Å². The Morgan fingerprint density at radius 3 is 2.21 bits per heavy atom. The Balaban J connectivity index is 1.76. The number of hydrogen-bond donors (Lipinski definition) is 5. The van der Waals surface area contributed by atoms with Crippen molar-refractivity contribution in [2.24, 2.45) is 5.92 Å². The topological polar surface area (TPSA) is 180 Å². The zero-order chi connectivity index (χ0) is 38.4. The minimum Gasteiger partial charge on any atom is -0.469 e. The van der Waals surface area contributed by atoms with Gasteiger partial charge in [-0.1, -0.05) is 24.8 Å². The maximum atomic E-state index is 13.7. The van der Waals surface area contributed by atoms with Gasteiger partial charge in [0, 0.05) is 47.6 Å². The van der Waals surface area contributed by atoms with E-state index >= 15 is 0 Å². The number of aryl methyl sites for hydroxylation is 3. The molecule has 1 unspecified atom stereocenters. The van der Waals surface area contributed by atoms with Gasteiger partial charge in [0.1, 0.15) is 5.92 Å². The van der Waals surface area contributed by atoms with Crippen LogP contribution in [0.15, 0.2) is 48.6 Å². The van der Waals surface area contributed by atoms with Crippen LogP contribution in [-0.4, -0.2) is 81.1 Å². The molecule has 6 rings (SSSR count). The number of aromatic nitrogens is 4. The van der Waals surface area contributed by atoms with Gasteiger partial charge in [-0.15, -0.1) is 0 Å². The van der Waals surface area contributed by atoms with Gasteiger partial charge in [-0.25, -0.2) is 9.78 Å². The number of aliphatic hydroxyl groups excluding tert-OH is 2. The average Bonchev–Trinajstić information content (AvgIpc) is 3.79. The largest absolute Gasteiger partial charge is 0.469 e. The number of nitrogens with zero attached hydrogens (tertiary/aromatic N) is 2. The van der Waals surface area contributed by atoms with Crippen LogP contribution < -0.4 is 0 Å². The van der Waals surface area contributed by atoms with E-state index in [1.54, 1.807) is 12.2 Å². The smallest absolute Gasteiger partial charge is 0.334 e. The van der Waals surface area contributed by atoms with Crippen molar-refractivity contribution in [3.63, 3.8) is 0 Å². The molecule has 1 aliphatic carbocycles. The van der Waals surface area contributed by atoms with Crippen LogP contribution in [0, 0.1) is 19.8 Å². The van der Waals surface area contributed by atoms with E-state index in [4.69, 9.17) is 24.2 Å². The predicted molar refractivity (Wildman–Crippen MR) is 203 cm³/mol. The summed E-state index contributed by atoms with van der Waals surface area (Å²) in [5.74, 6) is -2.34. The first-order valence-electron chi connectivity index (χ1n) is 17.5. The molecule has 0 radical (unpaired) electrons. The average molecular weight is 723 g/mol. The van der Waals surface area contributed by atoms with Crippen molar-refractivity contribution in [1.29, 1.82) is 0 Å². The number of rotatable bonds is 10. The number of ether oxygens (including phenoxy) is 3. The van der Waals surface area contributed by atoms with Crippen LogP contribution in [0.1, 0.15) is 78.1 Å². The lowest BCUT2D eigenvalue weighted by Crippen LogP contribution is -2.42. The third-order valence-electron chi connectivity index (χ3n) is 10.9. The second-order valence-electron chi connectivity index (χ2n) is 13.8. The van der Waals surface area contributed by atoms with Gasteiger partial charge in [0.25, 0.3) is 0 Å². The molecule has 0 amide bonds. The van der Waals surface area contributed by atoms with Gasteiger partial charge in [0.05, 0.1) is 48.0 Å². The maximum Gasteiger partial charge on any atom is 0.334 e. The van der Waals surface area contributed by atoms with Crippen molar-refractivity contribution in [3.05, 3.63) is 93.6 Å². The summed E-state index contributed by atoms with van der Waals surface area (Å²) >= 11 is 0. The predicted octanol–water partition coefficient (Wildman–Crippen LogP) is 5.74. The Bertz CT molecular complexity index is 2270. The Kier molecular flexibility index (Phi) is 10.4. The number of H-pyrrole nitrogens is 2. The van der Waals surface area contributed by atoms with Crippen molar-refractivity contribution >= 4 is 56.8 Å². The highest BCUT2D eigenvalue weighted by Gasteiger charge is 2.53. The van der Waals surface area contributed by atoms with Crippen molar-refractivity contribution in [2.75, 3.05) is 21.3 Å². The summed E-state index contributed by atoms with van der Waals surface area (Å²) in [5, 5.41) is 30.1. The minimum absolute atomic E-state index is 0.0904. The Morgan fingerprint density at radius 2 is 1.55 bits per heavy atom. The number of aromatic amines is 2. The van der Waals surface area contributed by atoms with Crippen molar-refractivity contribution in [1.82, 2.24) is 19.9 Å². The summed E-state index contributed by atoms with van der Waals surface area (Å²) in [4.78, 5) is 44.2. The van der Waals surface area contributed by atoms with E-state index in [9.17, 15) is 24.9 Å². The highest BCUT2D eigenvalue weighted by atomic mass is 16.6. The maximum absolute atomic E-state index is 13.7. The SMILES string of the molecule is C=Cc1c(C)c2cc3nc(cc4[nH]c(cc5nc(cc1[nH]2)C(C)=C5CCC(O)OC)c(CCC(O)O)c4C)[C@@]1(C)C3=CC=C(C(=O)OC)[C@H]1C(=O)OC. The molecule has 5 N–H and O–H groups in total. The number of fused-ring (bicyclic) bond motifs is 11. The van der Waals surface area contributed by atoms with E-state index in [2.05, 4.69) is 16.5 Å². The first-order valence-corrected chi connectivity index (χ1v) is 17.5. The third-order valence-corrected chi connectivity index (χ3v) is 10.9. The molecular weight excluding hydrogens is 676 g/mol. The number of nitrogens with one attached hydrogen (secondary N) is 2. The number of carbonyl (C=O) groups is 2. The molecule has 3 aromatic heterocycles. The Morgan fingerprint density at radius 1 is 0.868 bits per heavy atom. The van der Waals surface area contributed by atoms with Crippen LogP contribution >= 0.6 is 0 Å². The molecule has 3 aromatic rings. The lowest BCUT2D eigenvalue weighted by Gasteiger charge is -2.36. The molecule has 0 fully saturated rings. The molecule has 0 aromatic carbocycles. The fraction of sp³-hybridized carbons (Fsp3) is 0.366. The number of aliphatic hydroxyl groups is 3. The van der Waals surface area contributed by atoms with Crippen LogP contribution in [0.5, 0.6) is 0 Å². The standard InChI is InChI=1S/C41H46N4O8/c1-9-23-20(2)29-17-34-27-13-10-26(39(49)52-7)38(40(50)53-8)41(27,5)35(45-34)19-30-22(4)24(11-14-36(46)47)32(44-30)18-33-25(12-15-37(48)51-6)21(3)28(43-33)16-31(23)42-29/h9-10,13,16-19,36-38,42,44,46-48H,1,11-12,14-15H2,2-8H3/t37?,38-,41+/m0/s1. The number of hydrogen-bond acceptors (Lipinski definition) is 10. The molecule has 278 valence electrons. The van der Waals surface area contributed by atoms with Gasteiger partial charge in [0.2, 0.25) is 0 Å². The van der Waals surface area contributed by atoms with E-state index in [1.807, 2.05) is 58.0 Å². The molecule has 53 heavy (non-hydrogen) atoms. The number of allylic oxidation sites excluding steroid dienone is 5. The molecule has 12 heteroatoms.